The molecule has 0 aliphatic carbocycles. The zero-order chi connectivity index (χ0) is 12.1. The Balaban J connectivity index is 2.81. The van der Waals surface area contributed by atoms with Gasteiger partial charge in [-0.1, -0.05) is 12.1 Å². The molecule has 2 atom stereocenters. The number of benzene rings is 1. The van der Waals surface area contributed by atoms with Crippen LogP contribution in [0, 0.1) is 6.92 Å². The average Bonchev–Trinajstić information content (AvgIpc) is 2.17. The molecule has 0 heterocycles. The second-order valence-corrected chi connectivity index (χ2v) is 3.96. The van der Waals surface area contributed by atoms with Gasteiger partial charge in [0.25, 0.3) is 0 Å². The monoisotopic (exact) mass is 223 g/mol. The van der Waals surface area contributed by atoms with Gasteiger partial charge in [-0.25, -0.2) is 0 Å². The fourth-order valence-electron chi connectivity index (χ4n) is 1.81. The van der Waals surface area contributed by atoms with Crippen molar-refractivity contribution in [3.05, 3.63) is 29.8 Å². The zero-order valence-corrected chi connectivity index (χ0v) is 10.5. The van der Waals surface area contributed by atoms with E-state index < -0.39 is 6.29 Å². The Hall–Kier alpha value is -1.06. The van der Waals surface area contributed by atoms with Crippen molar-refractivity contribution in [1.29, 1.82) is 0 Å². The Bertz CT molecular complexity index is 325. The van der Waals surface area contributed by atoms with E-state index in [2.05, 4.69) is 36.9 Å². The first-order chi connectivity index (χ1) is 7.54. The number of aryl methyl sites for hydroxylation is 1. The lowest BCUT2D eigenvalue weighted by atomic mass is 10.2. The van der Waals surface area contributed by atoms with Gasteiger partial charge < -0.3 is 14.7 Å². The summed E-state index contributed by atoms with van der Waals surface area (Å²) in [6, 6.07) is 8.27. The Morgan fingerprint density at radius 3 is 2.56 bits per heavy atom. The highest BCUT2D eigenvalue weighted by atomic mass is 16.6. The van der Waals surface area contributed by atoms with Gasteiger partial charge >= 0.3 is 0 Å². The molecule has 1 aromatic rings. The largest absolute Gasteiger partial charge is 0.368 e. The summed E-state index contributed by atoms with van der Waals surface area (Å²) < 4.78 is 5.38. The van der Waals surface area contributed by atoms with Crippen LogP contribution in [0.3, 0.4) is 0 Å². The number of hydrogen-bond acceptors (Lipinski definition) is 3. The first-order valence-corrected chi connectivity index (χ1v) is 5.71. The minimum absolute atomic E-state index is 0.133. The van der Waals surface area contributed by atoms with Gasteiger partial charge in [-0.2, -0.15) is 0 Å². The SMILES string of the molecule is CCN(c1cccc(C)c1)C(C)OC(C)O. The third-order valence-corrected chi connectivity index (χ3v) is 2.51. The molecule has 2 unspecified atom stereocenters. The highest BCUT2D eigenvalue weighted by Gasteiger charge is 2.14. The number of aliphatic hydroxyl groups excluding tert-OH is 1. The molecule has 0 spiro atoms. The van der Waals surface area contributed by atoms with Crippen molar-refractivity contribution in [3.63, 3.8) is 0 Å². The van der Waals surface area contributed by atoms with Gasteiger partial charge in [0.05, 0.1) is 0 Å². The van der Waals surface area contributed by atoms with Crippen LogP contribution in [0.15, 0.2) is 24.3 Å². The van der Waals surface area contributed by atoms with E-state index in [1.165, 1.54) is 5.56 Å². The van der Waals surface area contributed by atoms with Crippen molar-refractivity contribution >= 4 is 5.69 Å². The Labute approximate surface area is 97.7 Å². The molecule has 0 fully saturated rings. The van der Waals surface area contributed by atoms with Crippen LogP contribution < -0.4 is 4.90 Å². The highest BCUT2D eigenvalue weighted by Crippen LogP contribution is 2.19. The standard InChI is InChI=1S/C13H21NO2/c1-5-14(11(3)16-12(4)15)13-8-6-7-10(2)9-13/h6-9,11-12,15H,5H2,1-4H3. The normalized spacial score (nSPS) is 14.6. The van der Waals surface area contributed by atoms with E-state index in [4.69, 9.17) is 4.74 Å². The van der Waals surface area contributed by atoms with Crippen LogP contribution in [0.4, 0.5) is 5.69 Å². The molecule has 3 heteroatoms. The number of ether oxygens (including phenoxy) is 1. The van der Waals surface area contributed by atoms with Crippen molar-refractivity contribution in [2.24, 2.45) is 0 Å². The summed E-state index contributed by atoms with van der Waals surface area (Å²) in [7, 11) is 0. The molecule has 0 saturated heterocycles. The van der Waals surface area contributed by atoms with E-state index in [1.54, 1.807) is 6.92 Å². The maximum atomic E-state index is 9.22. The lowest BCUT2D eigenvalue weighted by Gasteiger charge is -2.31. The molecule has 0 amide bonds. The summed E-state index contributed by atoms with van der Waals surface area (Å²) in [5, 5.41) is 9.22. The molecule has 16 heavy (non-hydrogen) atoms. The summed E-state index contributed by atoms with van der Waals surface area (Å²) in [5.41, 5.74) is 2.34. The fraction of sp³-hybridized carbons (Fsp3) is 0.538. The van der Waals surface area contributed by atoms with Crippen molar-refractivity contribution < 1.29 is 9.84 Å². The Kier molecular flexibility index (Phi) is 4.77. The van der Waals surface area contributed by atoms with Crippen LogP contribution in [0.1, 0.15) is 26.3 Å². The average molecular weight is 223 g/mol. The molecule has 0 radical (unpaired) electrons. The minimum Gasteiger partial charge on any atom is -0.368 e. The number of anilines is 1. The van der Waals surface area contributed by atoms with Crippen LogP contribution in [-0.4, -0.2) is 24.2 Å². The molecule has 1 aromatic carbocycles. The summed E-state index contributed by atoms with van der Waals surface area (Å²) in [6.45, 7) is 8.55. The number of aliphatic hydroxyl groups is 1. The molecule has 0 saturated carbocycles. The van der Waals surface area contributed by atoms with E-state index >= 15 is 0 Å². The molecule has 0 bridgehead atoms. The topological polar surface area (TPSA) is 32.7 Å². The number of nitrogens with zero attached hydrogens (tertiary/aromatic N) is 1. The highest BCUT2D eigenvalue weighted by molar-refractivity contribution is 5.48. The van der Waals surface area contributed by atoms with Gasteiger partial charge in [-0.3, -0.25) is 0 Å². The fourth-order valence-corrected chi connectivity index (χ4v) is 1.81. The molecular formula is C13H21NO2. The smallest absolute Gasteiger partial charge is 0.154 e. The van der Waals surface area contributed by atoms with Gasteiger partial charge in [0.1, 0.15) is 6.23 Å². The van der Waals surface area contributed by atoms with Gasteiger partial charge in [0, 0.05) is 12.2 Å². The van der Waals surface area contributed by atoms with Gasteiger partial charge in [-0.15, -0.1) is 0 Å². The predicted molar refractivity (Wildman–Crippen MR) is 66.4 cm³/mol. The quantitative estimate of drug-likeness (QED) is 0.779. The molecule has 0 aliphatic rings. The summed E-state index contributed by atoms with van der Waals surface area (Å²) in [6.07, 6.45) is -0.874. The van der Waals surface area contributed by atoms with E-state index in [0.29, 0.717) is 0 Å². The van der Waals surface area contributed by atoms with Gasteiger partial charge in [0.15, 0.2) is 6.29 Å². The van der Waals surface area contributed by atoms with Gasteiger partial charge in [0.2, 0.25) is 0 Å². The summed E-state index contributed by atoms with van der Waals surface area (Å²) in [5.74, 6) is 0. The Morgan fingerprint density at radius 1 is 1.38 bits per heavy atom. The summed E-state index contributed by atoms with van der Waals surface area (Å²) in [4.78, 5) is 2.11. The molecule has 0 aromatic heterocycles. The third kappa shape index (κ3) is 3.51. The van der Waals surface area contributed by atoms with Crippen molar-refractivity contribution in [3.8, 4) is 0 Å². The predicted octanol–water partition coefficient (Wildman–Crippen LogP) is 2.52. The van der Waals surface area contributed by atoms with Crippen LogP contribution in [-0.2, 0) is 4.74 Å². The molecule has 0 aliphatic heterocycles. The third-order valence-electron chi connectivity index (χ3n) is 2.51. The maximum Gasteiger partial charge on any atom is 0.154 e. The minimum atomic E-state index is -0.742. The lowest BCUT2D eigenvalue weighted by Crippen LogP contribution is -2.37. The second kappa shape index (κ2) is 5.87. The first kappa shape index (κ1) is 13.0. The second-order valence-electron chi connectivity index (χ2n) is 3.96. The van der Waals surface area contributed by atoms with Crippen LogP contribution >= 0.6 is 0 Å². The molecular weight excluding hydrogens is 202 g/mol. The van der Waals surface area contributed by atoms with Crippen molar-refractivity contribution in [1.82, 2.24) is 0 Å². The van der Waals surface area contributed by atoms with Gasteiger partial charge in [-0.05, 0) is 45.4 Å². The van der Waals surface area contributed by atoms with E-state index in [0.717, 1.165) is 12.2 Å². The lowest BCUT2D eigenvalue weighted by molar-refractivity contribution is -0.117. The Morgan fingerprint density at radius 2 is 2.06 bits per heavy atom. The zero-order valence-electron chi connectivity index (χ0n) is 10.5. The summed E-state index contributed by atoms with van der Waals surface area (Å²) >= 11 is 0. The first-order valence-electron chi connectivity index (χ1n) is 5.71. The van der Waals surface area contributed by atoms with Crippen LogP contribution in [0.2, 0.25) is 0 Å². The number of rotatable bonds is 5. The molecule has 1 rings (SSSR count). The van der Waals surface area contributed by atoms with E-state index in [1.807, 2.05) is 13.0 Å². The molecule has 90 valence electrons. The van der Waals surface area contributed by atoms with Crippen molar-refractivity contribution in [2.45, 2.75) is 40.2 Å². The van der Waals surface area contributed by atoms with Crippen LogP contribution in [0.5, 0.6) is 0 Å². The van der Waals surface area contributed by atoms with Crippen molar-refractivity contribution in [2.75, 3.05) is 11.4 Å². The van der Waals surface area contributed by atoms with E-state index in [-0.39, 0.29) is 6.23 Å². The maximum absolute atomic E-state index is 9.22. The molecule has 3 nitrogen and oxygen atoms in total. The molecule has 1 N–H and O–H groups in total. The van der Waals surface area contributed by atoms with Crippen LogP contribution in [0.25, 0.3) is 0 Å². The number of hydrogen-bond donors (Lipinski definition) is 1. The van der Waals surface area contributed by atoms with E-state index in [9.17, 15) is 5.11 Å².